The van der Waals surface area contributed by atoms with Crippen LogP contribution in [0.25, 0.3) is 0 Å². The van der Waals surface area contributed by atoms with Gasteiger partial charge in [0.1, 0.15) is 0 Å². The number of thiophene rings is 1. The van der Waals surface area contributed by atoms with E-state index in [0.717, 1.165) is 30.4 Å². The SMILES string of the molecule is CC1(C(=O)O)CCCN(Cc2cc(Br)cs2)C1. The van der Waals surface area contributed by atoms with E-state index in [1.807, 2.05) is 6.92 Å². The molecule has 1 aliphatic rings. The Balaban J connectivity index is 2.00. The third-order valence-corrected chi connectivity index (χ3v) is 4.98. The highest BCUT2D eigenvalue weighted by Gasteiger charge is 2.37. The number of carboxylic acids is 1. The van der Waals surface area contributed by atoms with Crippen LogP contribution < -0.4 is 0 Å². The van der Waals surface area contributed by atoms with Crippen molar-refractivity contribution in [3.8, 4) is 0 Å². The predicted molar refractivity (Wildman–Crippen MR) is 72.3 cm³/mol. The number of carboxylic acid groups (broad SMARTS) is 1. The molecule has 1 saturated heterocycles. The van der Waals surface area contributed by atoms with Crippen LogP contribution in [-0.2, 0) is 11.3 Å². The first kappa shape index (κ1) is 13.1. The number of carbonyl (C=O) groups is 1. The molecule has 1 unspecified atom stereocenters. The van der Waals surface area contributed by atoms with Gasteiger partial charge in [-0.1, -0.05) is 0 Å². The van der Waals surface area contributed by atoms with Crippen molar-refractivity contribution >= 4 is 33.2 Å². The summed E-state index contributed by atoms with van der Waals surface area (Å²) < 4.78 is 1.11. The fourth-order valence-electron chi connectivity index (χ4n) is 2.31. The first-order chi connectivity index (χ1) is 7.99. The van der Waals surface area contributed by atoms with Gasteiger partial charge in [-0.2, -0.15) is 0 Å². The van der Waals surface area contributed by atoms with Crippen LogP contribution in [0.5, 0.6) is 0 Å². The van der Waals surface area contributed by atoms with Crippen LogP contribution in [0.15, 0.2) is 15.9 Å². The van der Waals surface area contributed by atoms with E-state index in [1.165, 1.54) is 4.88 Å². The highest BCUT2D eigenvalue weighted by atomic mass is 79.9. The van der Waals surface area contributed by atoms with Crippen molar-refractivity contribution in [1.82, 2.24) is 4.90 Å². The molecule has 1 aromatic rings. The predicted octanol–water partition coefficient (Wildman–Crippen LogP) is 3.20. The molecule has 2 rings (SSSR count). The van der Waals surface area contributed by atoms with E-state index < -0.39 is 11.4 Å². The second kappa shape index (κ2) is 5.08. The molecule has 1 atom stereocenters. The van der Waals surface area contributed by atoms with Crippen LogP contribution in [0, 0.1) is 5.41 Å². The zero-order valence-electron chi connectivity index (χ0n) is 9.78. The molecule has 0 aliphatic carbocycles. The molecular formula is C12H16BrNO2S. The molecule has 1 N–H and O–H groups in total. The van der Waals surface area contributed by atoms with Crippen LogP contribution >= 0.6 is 27.3 Å². The van der Waals surface area contributed by atoms with Crippen LogP contribution in [0.2, 0.25) is 0 Å². The van der Waals surface area contributed by atoms with Gasteiger partial charge in [-0.3, -0.25) is 9.69 Å². The number of rotatable bonds is 3. The van der Waals surface area contributed by atoms with E-state index in [-0.39, 0.29) is 0 Å². The quantitative estimate of drug-likeness (QED) is 0.930. The Bertz CT molecular complexity index is 420. The molecule has 3 nitrogen and oxygen atoms in total. The third kappa shape index (κ3) is 3.09. The van der Waals surface area contributed by atoms with Crippen molar-refractivity contribution in [3.63, 3.8) is 0 Å². The molecule has 1 aromatic heterocycles. The Morgan fingerprint density at radius 2 is 2.47 bits per heavy atom. The van der Waals surface area contributed by atoms with Crippen molar-refractivity contribution in [1.29, 1.82) is 0 Å². The number of aliphatic carboxylic acids is 1. The topological polar surface area (TPSA) is 40.5 Å². The second-order valence-corrected chi connectivity index (χ2v) is 6.82. The summed E-state index contributed by atoms with van der Waals surface area (Å²) in [5.74, 6) is -0.672. The van der Waals surface area contributed by atoms with Gasteiger partial charge < -0.3 is 5.11 Å². The molecule has 1 fully saturated rings. The summed E-state index contributed by atoms with van der Waals surface area (Å²) in [5.41, 5.74) is -0.577. The van der Waals surface area contributed by atoms with Crippen molar-refractivity contribution in [2.75, 3.05) is 13.1 Å². The van der Waals surface area contributed by atoms with E-state index in [2.05, 4.69) is 32.3 Å². The maximum atomic E-state index is 11.2. The van der Waals surface area contributed by atoms with Gasteiger partial charge in [0.2, 0.25) is 0 Å². The minimum Gasteiger partial charge on any atom is -0.481 e. The maximum Gasteiger partial charge on any atom is 0.310 e. The summed E-state index contributed by atoms with van der Waals surface area (Å²) in [6, 6.07) is 2.11. The van der Waals surface area contributed by atoms with Crippen LogP contribution in [0.3, 0.4) is 0 Å². The number of piperidine rings is 1. The zero-order chi connectivity index (χ0) is 12.5. The van der Waals surface area contributed by atoms with Crippen molar-refractivity contribution in [2.24, 2.45) is 5.41 Å². The molecule has 0 aromatic carbocycles. The molecule has 2 heterocycles. The Kier molecular flexibility index (Phi) is 3.90. The molecule has 0 saturated carbocycles. The Morgan fingerprint density at radius 1 is 1.71 bits per heavy atom. The van der Waals surface area contributed by atoms with Crippen LogP contribution in [0.1, 0.15) is 24.6 Å². The fraction of sp³-hybridized carbons (Fsp3) is 0.583. The molecular weight excluding hydrogens is 302 g/mol. The highest BCUT2D eigenvalue weighted by Crippen LogP contribution is 2.31. The summed E-state index contributed by atoms with van der Waals surface area (Å²) in [4.78, 5) is 14.8. The van der Waals surface area contributed by atoms with Gasteiger partial charge in [0.15, 0.2) is 0 Å². The summed E-state index contributed by atoms with van der Waals surface area (Å²) in [5, 5.41) is 11.3. The van der Waals surface area contributed by atoms with Gasteiger partial charge in [-0.25, -0.2) is 0 Å². The largest absolute Gasteiger partial charge is 0.481 e. The van der Waals surface area contributed by atoms with Crippen LogP contribution in [0.4, 0.5) is 0 Å². The van der Waals surface area contributed by atoms with Crippen molar-refractivity contribution in [2.45, 2.75) is 26.3 Å². The monoisotopic (exact) mass is 317 g/mol. The highest BCUT2D eigenvalue weighted by molar-refractivity contribution is 9.10. The molecule has 0 bridgehead atoms. The molecule has 0 amide bonds. The lowest BCUT2D eigenvalue weighted by molar-refractivity contribution is -0.151. The number of hydrogen-bond donors (Lipinski definition) is 1. The molecule has 0 radical (unpaired) electrons. The van der Waals surface area contributed by atoms with Gasteiger partial charge in [-0.15, -0.1) is 11.3 Å². The molecule has 94 valence electrons. The van der Waals surface area contributed by atoms with Crippen molar-refractivity contribution < 1.29 is 9.90 Å². The second-order valence-electron chi connectivity index (χ2n) is 4.91. The fourth-order valence-corrected chi connectivity index (χ4v) is 3.80. The minimum absolute atomic E-state index is 0.577. The number of hydrogen-bond acceptors (Lipinski definition) is 3. The summed E-state index contributed by atoms with van der Waals surface area (Å²) in [6.45, 7) is 4.36. The van der Waals surface area contributed by atoms with E-state index >= 15 is 0 Å². The average Bonchev–Trinajstić information content (AvgIpc) is 2.64. The smallest absolute Gasteiger partial charge is 0.310 e. The van der Waals surface area contributed by atoms with Crippen LogP contribution in [-0.4, -0.2) is 29.1 Å². The van der Waals surface area contributed by atoms with E-state index in [9.17, 15) is 9.90 Å². The number of halogens is 1. The first-order valence-electron chi connectivity index (χ1n) is 5.68. The standard InChI is InChI=1S/C12H16BrNO2S/c1-12(11(15)16)3-2-4-14(8-12)6-10-5-9(13)7-17-10/h5,7H,2-4,6,8H2,1H3,(H,15,16). The minimum atomic E-state index is -0.672. The zero-order valence-corrected chi connectivity index (χ0v) is 12.2. The molecule has 17 heavy (non-hydrogen) atoms. The summed E-state index contributed by atoms with van der Waals surface area (Å²) in [7, 11) is 0. The van der Waals surface area contributed by atoms with Crippen molar-refractivity contribution in [3.05, 3.63) is 20.8 Å². The van der Waals surface area contributed by atoms with Gasteiger partial charge in [-0.05, 0) is 48.3 Å². The molecule has 5 heteroatoms. The number of likely N-dealkylation sites (tertiary alicyclic amines) is 1. The Morgan fingerprint density at radius 3 is 3.06 bits per heavy atom. The lowest BCUT2D eigenvalue weighted by atomic mass is 9.82. The first-order valence-corrected chi connectivity index (χ1v) is 7.35. The Labute approximate surface area is 114 Å². The molecule has 0 spiro atoms. The van der Waals surface area contributed by atoms with E-state index in [0.29, 0.717) is 6.54 Å². The third-order valence-electron chi connectivity index (χ3n) is 3.29. The normalized spacial score (nSPS) is 26.0. The van der Waals surface area contributed by atoms with Gasteiger partial charge in [0.25, 0.3) is 0 Å². The lowest BCUT2D eigenvalue weighted by Gasteiger charge is -2.37. The number of nitrogens with zero attached hydrogens (tertiary/aromatic N) is 1. The van der Waals surface area contributed by atoms with E-state index in [4.69, 9.17) is 0 Å². The average molecular weight is 318 g/mol. The maximum absolute atomic E-state index is 11.2. The van der Waals surface area contributed by atoms with E-state index in [1.54, 1.807) is 11.3 Å². The lowest BCUT2D eigenvalue weighted by Crippen LogP contribution is -2.45. The van der Waals surface area contributed by atoms with Gasteiger partial charge >= 0.3 is 5.97 Å². The van der Waals surface area contributed by atoms with Gasteiger partial charge in [0.05, 0.1) is 5.41 Å². The Hall–Kier alpha value is -0.390. The summed E-state index contributed by atoms with van der Waals surface area (Å²) >= 11 is 5.16. The van der Waals surface area contributed by atoms with Gasteiger partial charge in [0, 0.05) is 27.8 Å². The summed E-state index contributed by atoms with van der Waals surface area (Å²) in [6.07, 6.45) is 1.75. The molecule has 1 aliphatic heterocycles.